The molecule has 2 aromatic heterocycles. The zero-order valence-corrected chi connectivity index (χ0v) is 10.6. The van der Waals surface area contributed by atoms with Gasteiger partial charge in [-0.1, -0.05) is 20.8 Å². The molecule has 2 rings (SSSR count). The second-order valence-corrected chi connectivity index (χ2v) is 5.17. The molecule has 0 fully saturated rings. The molecule has 0 amide bonds. The zero-order valence-electron chi connectivity index (χ0n) is 10.6. The van der Waals surface area contributed by atoms with E-state index in [2.05, 4.69) is 35.7 Å². The Morgan fingerprint density at radius 1 is 1.35 bits per heavy atom. The normalized spacial score (nSPS) is 12.0. The quantitative estimate of drug-likeness (QED) is 0.852. The van der Waals surface area contributed by atoms with Crippen LogP contribution in [-0.2, 0) is 6.54 Å². The molecule has 0 saturated heterocycles. The van der Waals surface area contributed by atoms with Gasteiger partial charge in [0.25, 0.3) is 0 Å². The van der Waals surface area contributed by atoms with Crippen LogP contribution in [0.4, 0.5) is 5.95 Å². The molecule has 0 spiro atoms. The van der Waals surface area contributed by atoms with Gasteiger partial charge in [-0.2, -0.15) is 4.98 Å². The van der Waals surface area contributed by atoms with E-state index in [9.17, 15) is 0 Å². The maximum absolute atomic E-state index is 5.91. The molecular weight excluding hydrogens is 218 g/mol. The van der Waals surface area contributed by atoms with E-state index < -0.39 is 0 Å². The number of nitrogens with two attached hydrogens (primary N) is 1. The number of hydrogen-bond donors (Lipinski definition) is 1. The smallest absolute Gasteiger partial charge is 0.245 e. The third-order valence-corrected chi connectivity index (χ3v) is 2.35. The molecule has 2 aromatic rings. The van der Waals surface area contributed by atoms with Crippen LogP contribution in [0.25, 0.3) is 11.2 Å². The molecule has 6 heteroatoms. The Balaban J connectivity index is 2.60. The van der Waals surface area contributed by atoms with Gasteiger partial charge >= 0.3 is 0 Å². The van der Waals surface area contributed by atoms with Gasteiger partial charge in [-0.3, -0.25) is 4.57 Å². The van der Waals surface area contributed by atoms with E-state index in [-0.39, 0.29) is 5.41 Å². The number of rotatable bonds is 2. The minimum absolute atomic E-state index is 0.0972. The zero-order chi connectivity index (χ0) is 12.6. The molecule has 92 valence electrons. The monoisotopic (exact) mass is 235 g/mol. The fraction of sp³-hybridized carbons (Fsp3) is 0.545. The van der Waals surface area contributed by atoms with E-state index in [4.69, 9.17) is 10.5 Å². The summed E-state index contributed by atoms with van der Waals surface area (Å²) in [5.41, 5.74) is 7.33. The number of hydrogen-bond acceptors (Lipinski definition) is 5. The second kappa shape index (κ2) is 3.87. The summed E-state index contributed by atoms with van der Waals surface area (Å²) in [6.45, 7) is 7.15. The Kier molecular flexibility index (Phi) is 2.65. The van der Waals surface area contributed by atoms with Crippen LogP contribution in [0.2, 0.25) is 0 Å². The molecule has 0 bridgehead atoms. The van der Waals surface area contributed by atoms with Crippen molar-refractivity contribution in [3.05, 3.63) is 6.33 Å². The van der Waals surface area contributed by atoms with E-state index in [0.717, 1.165) is 6.54 Å². The van der Waals surface area contributed by atoms with Crippen molar-refractivity contribution >= 4 is 17.1 Å². The first kappa shape index (κ1) is 11.6. The second-order valence-electron chi connectivity index (χ2n) is 5.17. The van der Waals surface area contributed by atoms with Crippen molar-refractivity contribution in [3.8, 4) is 5.88 Å². The van der Waals surface area contributed by atoms with Gasteiger partial charge < -0.3 is 10.5 Å². The minimum atomic E-state index is 0.0972. The molecule has 6 nitrogen and oxygen atoms in total. The maximum Gasteiger partial charge on any atom is 0.245 e. The number of aromatic nitrogens is 4. The summed E-state index contributed by atoms with van der Waals surface area (Å²) in [5.74, 6) is 0.892. The summed E-state index contributed by atoms with van der Waals surface area (Å²) >= 11 is 0. The minimum Gasteiger partial charge on any atom is -0.479 e. The van der Waals surface area contributed by atoms with Gasteiger partial charge in [0.2, 0.25) is 11.8 Å². The lowest BCUT2D eigenvalue weighted by atomic mass is 9.97. The summed E-state index contributed by atoms with van der Waals surface area (Å²) in [6, 6.07) is 0. The van der Waals surface area contributed by atoms with E-state index in [1.54, 1.807) is 7.11 Å². The SMILES string of the molecule is COc1ncnc2c1nc(N)n2CC(C)(C)C. The molecule has 2 heterocycles. The topological polar surface area (TPSA) is 78.8 Å². The number of ether oxygens (including phenoxy) is 1. The summed E-state index contributed by atoms with van der Waals surface area (Å²) in [4.78, 5) is 12.5. The number of fused-ring (bicyclic) bond motifs is 1. The third kappa shape index (κ3) is 2.15. The van der Waals surface area contributed by atoms with Crippen LogP contribution in [0.5, 0.6) is 5.88 Å². The van der Waals surface area contributed by atoms with Gasteiger partial charge in [0.1, 0.15) is 6.33 Å². The fourth-order valence-electron chi connectivity index (χ4n) is 1.71. The largest absolute Gasteiger partial charge is 0.479 e. The lowest BCUT2D eigenvalue weighted by molar-refractivity contribution is 0.350. The summed E-state index contributed by atoms with van der Waals surface area (Å²) < 4.78 is 7.03. The molecule has 0 aromatic carbocycles. The molecule has 0 aliphatic heterocycles. The Bertz CT molecular complexity index is 541. The number of anilines is 1. The van der Waals surface area contributed by atoms with Crippen molar-refractivity contribution in [1.29, 1.82) is 0 Å². The highest BCUT2D eigenvalue weighted by Crippen LogP contribution is 2.26. The molecule has 0 radical (unpaired) electrons. The predicted molar refractivity (Wildman–Crippen MR) is 65.7 cm³/mol. The van der Waals surface area contributed by atoms with E-state index in [0.29, 0.717) is 23.0 Å². The van der Waals surface area contributed by atoms with Crippen molar-refractivity contribution in [3.63, 3.8) is 0 Å². The highest BCUT2D eigenvalue weighted by Gasteiger charge is 2.19. The standard InChI is InChI=1S/C11H17N5O/c1-11(2,3)5-16-8-7(15-10(16)12)9(17-4)14-6-13-8/h6H,5H2,1-4H3,(H2,12,15). The third-order valence-electron chi connectivity index (χ3n) is 2.35. The molecule has 0 aliphatic carbocycles. The molecule has 17 heavy (non-hydrogen) atoms. The van der Waals surface area contributed by atoms with Crippen LogP contribution in [0.15, 0.2) is 6.33 Å². The van der Waals surface area contributed by atoms with Gasteiger partial charge in [-0.05, 0) is 5.41 Å². The van der Waals surface area contributed by atoms with Gasteiger partial charge in [-0.15, -0.1) is 0 Å². The first-order chi connectivity index (χ1) is 7.92. The average Bonchev–Trinajstić information content (AvgIpc) is 2.53. The van der Waals surface area contributed by atoms with Crippen LogP contribution in [0.3, 0.4) is 0 Å². The van der Waals surface area contributed by atoms with Crippen molar-refractivity contribution in [2.45, 2.75) is 27.3 Å². The molecule has 0 unspecified atom stereocenters. The maximum atomic E-state index is 5.91. The highest BCUT2D eigenvalue weighted by molar-refractivity contribution is 5.78. The number of methoxy groups -OCH3 is 1. The van der Waals surface area contributed by atoms with Gasteiger partial charge in [0.05, 0.1) is 7.11 Å². The van der Waals surface area contributed by atoms with E-state index in [1.807, 2.05) is 4.57 Å². The summed E-state index contributed by atoms with van der Waals surface area (Å²) in [7, 11) is 1.56. The van der Waals surface area contributed by atoms with Gasteiger partial charge in [0, 0.05) is 6.54 Å². The van der Waals surface area contributed by atoms with Crippen LogP contribution in [0, 0.1) is 5.41 Å². The Hall–Kier alpha value is -1.85. The highest BCUT2D eigenvalue weighted by atomic mass is 16.5. The summed E-state index contributed by atoms with van der Waals surface area (Å²) in [5, 5.41) is 0. The van der Waals surface area contributed by atoms with Crippen LogP contribution in [0.1, 0.15) is 20.8 Å². The van der Waals surface area contributed by atoms with E-state index >= 15 is 0 Å². The number of imidazole rings is 1. The van der Waals surface area contributed by atoms with Crippen molar-refractivity contribution in [1.82, 2.24) is 19.5 Å². The average molecular weight is 235 g/mol. The van der Waals surface area contributed by atoms with Crippen LogP contribution >= 0.6 is 0 Å². The molecular formula is C11H17N5O. The summed E-state index contributed by atoms with van der Waals surface area (Å²) in [6.07, 6.45) is 1.46. The van der Waals surface area contributed by atoms with Crippen molar-refractivity contribution in [2.75, 3.05) is 12.8 Å². The predicted octanol–water partition coefficient (Wildman–Crippen LogP) is 1.46. The fourth-order valence-corrected chi connectivity index (χ4v) is 1.71. The molecule has 0 aliphatic rings. The number of nitrogen functional groups attached to an aromatic ring is 1. The van der Waals surface area contributed by atoms with Crippen molar-refractivity contribution in [2.24, 2.45) is 5.41 Å². The van der Waals surface area contributed by atoms with E-state index in [1.165, 1.54) is 6.33 Å². The Labute approximate surface area is 99.8 Å². The van der Waals surface area contributed by atoms with Gasteiger partial charge in [-0.25, -0.2) is 9.97 Å². The van der Waals surface area contributed by atoms with Crippen molar-refractivity contribution < 1.29 is 4.74 Å². The Morgan fingerprint density at radius 2 is 2.06 bits per heavy atom. The molecule has 0 atom stereocenters. The van der Waals surface area contributed by atoms with Gasteiger partial charge in [0.15, 0.2) is 11.2 Å². The number of nitrogens with zero attached hydrogens (tertiary/aromatic N) is 4. The Morgan fingerprint density at radius 3 is 2.65 bits per heavy atom. The lowest BCUT2D eigenvalue weighted by Gasteiger charge is -2.19. The first-order valence-electron chi connectivity index (χ1n) is 5.43. The molecule has 2 N–H and O–H groups in total. The van der Waals surface area contributed by atoms with Crippen LogP contribution in [-0.4, -0.2) is 26.6 Å². The first-order valence-corrected chi connectivity index (χ1v) is 5.43. The molecule has 0 saturated carbocycles. The lowest BCUT2D eigenvalue weighted by Crippen LogP contribution is -2.17. The van der Waals surface area contributed by atoms with Crippen LogP contribution < -0.4 is 10.5 Å².